The Morgan fingerprint density at radius 2 is 1.44 bits per heavy atom. The number of hydrogen-bond donors (Lipinski definition) is 0. The van der Waals surface area contributed by atoms with E-state index in [0.29, 0.717) is 17.2 Å². The van der Waals surface area contributed by atoms with Crippen molar-refractivity contribution >= 4 is 17.6 Å². The Hall–Kier alpha value is -3.22. The smallest absolute Gasteiger partial charge is 0.342 e. The van der Waals surface area contributed by atoms with Crippen molar-refractivity contribution in [3.63, 3.8) is 0 Å². The first kappa shape index (κ1) is 20.1. The molecule has 0 saturated carbocycles. The molecule has 1 atom stereocenters. The minimum atomic E-state index is -0.986. The topological polar surface area (TPSA) is 74.3 Å². The largest absolute Gasteiger partial charge is 0.496 e. The van der Waals surface area contributed by atoms with Gasteiger partial charge in [0.25, 0.3) is 5.91 Å². The van der Waals surface area contributed by atoms with E-state index in [2.05, 4.69) is 0 Å². The molecule has 0 unspecified atom stereocenters. The highest BCUT2D eigenvalue weighted by molar-refractivity contribution is 5.99. The van der Waals surface area contributed by atoms with Gasteiger partial charge < -0.3 is 23.8 Å². The van der Waals surface area contributed by atoms with E-state index >= 15 is 0 Å². The van der Waals surface area contributed by atoms with Crippen molar-refractivity contribution in [1.82, 2.24) is 0 Å². The predicted molar refractivity (Wildman–Crippen MR) is 101 cm³/mol. The van der Waals surface area contributed by atoms with Crippen molar-refractivity contribution in [3.8, 4) is 17.2 Å². The molecule has 0 N–H and O–H groups in total. The number of ether oxygens (including phenoxy) is 4. The molecule has 0 aliphatic heterocycles. The van der Waals surface area contributed by atoms with Gasteiger partial charge in [0.2, 0.25) is 0 Å². The number of esters is 1. The first-order valence-electron chi connectivity index (χ1n) is 8.26. The molecule has 0 saturated heterocycles. The van der Waals surface area contributed by atoms with Crippen molar-refractivity contribution < 1.29 is 28.5 Å². The average Bonchev–Trinajstić information content (AvgIpc) is 2.71. The number of anilines is 1. The monoisotopic (exact) mass is 373 g/mol. The summed E-state index contributed by atoms with van der Waals surface area (Å²) in [7, 11) is 5.99. The molecule has 7 nitrogen and oxygen atoms in total. The number of carbonyl (C=O) groups excluding carboxylic acids is 2. The maximum Gasteiger partial charge on any atom is 0.342 e. The molecule has 0 bridgehead atoms. The van der Waals surface area contributed by atoms with Crippen molar-refractivity contribution in [2.24, 2.45) is 0 Å². The van der Waals surface area contributed by atoms with Crippen LogP contribution in [0.5, 0.6) is 17.2 Å². The van der Waals surface area contributed by atoms with E-state index in [-0.39, 0.29) is 17.2 Å². The predicted octanol–water partition coefficient (Wildman–Crippen LogP) is 2.92. The summed E-state index contributed by atoms with van der Waals surface area (Å²) in [6.07, 6.45) is -0.986. The van der Waals surface area contributed by atoms with Crippen molar-refractivity contribution in [2.75, 3.05) is 33.3 Å². The molecule has 0 aliphatic rings. The second kappa shape index (κ2) is 8.93. The van der Waals surface area contributed by atoms with Crippen molar-refractivity contribution in [2.45, 2.75) is 13.0 Å². The normalized spacial score (nSPS) is 11.3. The van der Waals surface area contributed by atoms with E-state index in [0.717, 1.165) is 0 Å². The molecule has 2 aromatic rings. The van der Waals surface area contributed by atoms with Crippen LogP contribution in [0.25, 0.3) is 0 Å². The van der Waals surface area contributed by atoms with Gasteiger partial charge in [-0.1, -0.05) is 18.2 Å². The summed E-state index contributed by atoms with van der Waals surface area (Å²) < 4.78 is 21.0. The fourth-order valence-electron chi connectivity index (χ4n) is 2.51. The third kappa shape index (κ3) is 4.49. The van der Waals surface area contributed by atoms with E-state index in [1.54, 1.807) is 19.2 Å². The SMILES string of the molecule is COc1cc(OC)c(C(=O)O[C@H](C)C(=O)N(C)c2ccccc2)cc1OC. The van der Waals surface area contributed by atoms with Gasteiger partial charge in [-0.05, 0) is 19.1 Å². The Morgan fingerprint density at radius 1 is 0.889 bits per heavy atom. The van der Waals surface area contributed by atoms with E-state index in [9.17, 15) is 9.59 Å². The van der Waals surface area contributed by atoms with Crippen LogP contribution in [0.3, 0.4) is 0 Å². The summed E-state index contributed by atoms with van der Waals surface area (Å²) in [6.45, 7) is 1.52. The lowest BCUT2D eigenvalue weighted by atomic mass is 10.1. The fourth-order valence-corrected chi connectivity index (χ4v) is 2.51. The Morgan fingerprint density at radius 3 is 2.00 bits per heavy atom. The van der Waals surface area contributed by atoms with Crippen LogP contribution in [-0.4, -0.2) is 46.4 Å². The second-order valence-corrected chi connectivity index (χ2v) is 5.69. The van der Waals surface area contributed by atoms with Gasteiger partial charge in [0, 0.05) is 24.9 Å². The number of benzene rings is 2. The standard InChI is InChI=1S/C20H23NO6/c1-13(19(22)21(2)14-9-7-6-8-10-14)27-20(23)15-11-17(25-4)18(26-5)12-16(15)24-3/h6-13H,1-5H3/t13-/m1/s1. The molecule has 1 amide bonds. The molecule has 0 heterocycles. The first-order chi connectivity index (χ1) is 12.9. The number of hydrogen-bond acceptors (Lipinski definition) is 6. The summed E-state index contributed by atoms with van der Waals surface area (Å²) in [5.74, 6) is -0.0257. The molecule has 2 rings (SSSR count). The summed E-state index contributed by atoms with van der Waals surface area (Å²) in [6, 6.07) is 12.1. The van der Waals surface area contributed by atoms with Gasteiger partial charge in [-0.2, -0.15) is 0 Å². The van der Waals surface area contributed by atoms with Gasteiger partial charge in [-0.15, -0.1) is 0 Å². The summed E-state index contributed by atoms with van der Waals surface area (Å²) in [5, 5.41) is 0. The van der Waals surface area contributed by atoms with E-state index in [1.807, 2.05) is 18.2 Å². The zero-order valence-corrected chi connectivity index (χ0v) is 16.0. The Labute approximate surface area is 158 Å². The highest BCUT2D eigenvalue weighted by Crippen LogP contribution is 2.35. The van der Waals surface area contributed by atoms with Crippen LogP contribution in [0.15, 0.2) is 42.5 Å². The van der Waals surface area contributed by atoms with E-state index in [1.165, 1.54) is 45.3 Å². The van der Waals surface area contributed by atoms with Gasteiger partial charge in [-0.3, -0.25) is 4.79 Å². The van der Waals surface area contributed by atoms with Crippen molar-refractivity contribution in [1.29, 1.82) is 0 Å². The van der Waals surface area contributed by atoms with Crippen molar-refractivity contribution in [3.05, 3.63) is 48.0 Å². The molecule has 27 heavy (non-hydrogen) atoms. The lowest BCUT2D eigenvalue weighted by Gasteiger charge is -2.22. The maximum absolute atomic E-state index is 12.6. The number of methoxy groups -OCH3 is 3. The molecule has 0 radical (unpaired) electrons. The van der Waals surface area contributed by atoms with Crippen LogP contribution < -0.4 is 19.1 Å². The fraction of sp³-hybridized carbons (Fsp3) is 0.300. The van der Waals surface area contributed by atoms with Gasteiger partial charge in [0.05, 0.1) is 21.3 Å². The number of amides is 1. The average molecular weight is 373 g/mol. The molecule has 7 heteroatoms. The highest BCUT2D eigenvalue weighted by atomic mass is 16.6. The van der Waals surface area contributed by atoms with Crippen LogP contribution in [0.2, 0.25) is 0 Å². The zero-order chi connectivity index (χ0) is 20.0. The molecule has 0 spiro atoms. The molecular formula is C20H23NO6. The third-order valence-electron chi connectivity index (χ3n) is 4.03. The van der Waals surface area contributed by atoms with Crippen LogP contribution in [0, 0.1) is 0 Å². The number of rotatable bonds is 7. The molecule has 2 aromatic carbocycles. The summed E-state index contributed by atoms with van der Waals surface area (Å²) in [4.78, 5) is 26.6. The Balaban J connectivity index is 2.19. The van der Waals surface area contributed by atoms with Gasteiger partial charge >= 0.3 is 5.97 Å². The second-order valence-electron chi connectivity index (χ2n) is 5.69. The van der Waals surface area contributed by atoms with Gasteiger partial charge in [0.15, 0.2) is 17.6 Å². The minimum absolute atomic E-state index is 0.136. The molecule has 0 aromatic heterocycles. The summed E-state index contributed by atoms with van der Waals surface area (Å²) in [5.41, 5.74) is 0.839. The highest BCUT2D eigenvalue weighted by Gasteiger charge is 2.26. The van der Waals surface area contributed by atoms with E-state index in [4.69, 9.17) is 18.9 Å². The van der Waals surface area contributed by atoms with Gasteiger partial charge in [0.1, 0.15) is 11.3 Å². The first-order valence-corrected chi connectivity index (χ1v) is 8.26. The van der Waals surface area contributed by atoms with Crippen LogP contribution in [-0.2, 0) is 9.53 Å². The van der Waals surface area contributed by atoms with Crippen LogP contribution in [0.1, 0.15) is 17.3 Å². The number of para-hydroxylation sites is 1. The molecule has 0 aliphatic carbocycles. The minimum Gasteiger partial charge on any atom is -0.496 e. The number of likely N-dealkylation sites (N-methyl/N-ethyl adjacent to an activating group) is 1. The van der Waals surface area contributed by atoms with Gasteiger partial charge in [-0.25, -0.2) is 4.79 Å². The quantitative estimate of drug-likeness (QED) is 0.695. The summed E-state index contributed by atoms with van der Waals surface area (Å²) >= 11 is 0. The molecule has 0 fully saturated rings. The third-order valence-corrected chi connectivity index (χ3v) is 4.03. The van der Waals surface area contributed by atoms with E-state index < -0.39 is 12.1 Å². The molecular weight excluding hydrogens is 350 g/mol. The van der Waals surface area contributed by atoms with Crippen LogP contribution >= 0.6 is 0 Å². The number of nitrogens with zero attached hydrogens (tertiary/aromatic N) is 1. The lowest BCUT2D eigenvalue weighted by Crippen LogP contribution is -2.37. The maximum atomic E-state index is 12.6. The lowest BCUT2D eigenvalue weighted by molar-refractivity contribution is -0.126. The zero-order valence-electron chi connectivity index (χ0n) is 16.0. The number of carbonyl (C=O) groups is 2. The van der Waals surface area contributed by atoms with Crippen LogP contribution in [0.4, 0.5) is 5.69 Å². The Kier molecular flexibility index (Phi) is 6.65. The molecule has 144 valence electrons. The Bertz CT molecular complexity index is 806.